The van der Waals surface area contributed by atoms with E-state index in [2.05, 4.69) is 5.32 Å². The van der Waals surface area contributed by atoms with Crippen molar-refractivity contribution >= 4 is 23.5 Å². The van der Waals surface area contributed by atoms with Crippen molar-refractivity contribution in [3.63, 3.8) is 0 Å². The topological polar surface area (TPSA) is 95.9 Å². The van der Waals surface area contributed by atoms with Crippen LogP contribution in [0.1, 0.15) is 26.7 Å². The van der Waals surface area contributed by atoms with E-state index in [4.69, 9.17) is 9.84 Å². The minimum Gasteiger partial charge on any atom is -0.480 e. The Hall–Kier alpha value is -2.57. The van der Waals surface area contributed by atoms with E-state index < -0.39 is 24.0 Å². The van der Waals surface area contributed by atoms with Crippen LogP contribution in [0.5, 0.6) is 5.75 Å². The summed E-state index contributed by atoms with van der Waals surface area (Å²) in [4.78, 5) is 36.9. The van der Waals surface area contributed by atoms with E-state index in [1.54, 1.807) is 31.2 Å². The van der Waals surface area contributed by atoms with Gasteiger partial charge in [0, 0.05) is 0 Å². The Bertz CT molecular complexity index is 616. The summed E-state index contributed by atoms with van der Waals surface area (Å²) < 4.78 is 5.50. The monoisotopic (exact) mass is 320 g/mol. The molecule has 0 radical (unpaired) electrons. The first kappa shape index (κ1) is 16.8. The lowest BCUT2D eigenvalue weighted by molar-refractivity contribution is -0.141. The van der Waals surface area contributed by atoms with Gasteiger partial charge < -0.3 is 15.2 Å². The third kappa shape index (κ3) is 3.80. The molecular formula is C16H20N2O5. The van der Waals surface area contributed by atoms with E-state index in [-0.39, 0.29) is 12.5 Å². The molecule has 0 spiro atoms. The van der Waals surface area contributed by atoms with Crippen molar-refractivity contribution in [1.29, 1.82) is 0 Å². The van der Waals surface area contributed by atoms with Crippen LogP contribution in [-0.2, 0) is 14.4 Å². The molecular weight excluding hydrogens is 300 g/mol. The summed E-state index contributed by atoms with van der Waals surface area (Å²) in [6.45, 7) is 3.21. The van der Waals surface area contributed by atoms with E-state index >= 15 is 0 Å². The van der Waals surface area contributed by atoms with E-state index in [0.29, 0.717) is 24.3 Å². The second-order valence-corrected chi connectivity index (χ2v) is 5.40. The van der Waals surface area contributed by atoms with Gasteiger partial charge in [-0.15, -0.1) is 0 Å². The van der Waals surface area contributed by atoms with Crippen molar-refractivity contribution < 1.29 is 24.2 Å². The molecule has 1 aromatic rings. The number of hydrogen-bond donors (Lipinski definition) is 2. The summed E-state index contributed by atoms with van der Waals surface area (Å²) in [5.74, 6) is -1.40. The van der Waals surface area contributed by atoms with Crippen molar-refractivity contribution in [3.05, 3.63) is 24.3 Å². The molecule has 1 heterocycles. The summed E-state index contributed by atoms with van der Waals surface area (Å²) in [7, 11) is 0. The standard InChI is InChI=1S/C16H20N2O5/c1-3-6-11(16(21)22)17-14(19)9-18-12-7-4-5-8-13(12)23-10(2)15(18)20/h4-5,7-8,10-11H,3,6,9H2,1-2H3,(H,17,19)(H,21,22). The molecule has 7 heteroatoms. The number of nitrogens with zero attached hydrogens (tertiary/aromatic N) is 1. The molecule has 0 saturated carbocycles. The summed E-state index contributed by atoms with van der Waals surface area (Å²) in [6, 6.07) is 5.98. The number of aliphatic carboxylic acids is 1. The fourth-order valence-electron chi connectivity index (χ4n) is 2.45. The molecule has 0 saturated heterocycles. The molecule has 0 bridgehead atoms. The SMILES string of the molecule is CCCC(NC(=O)CN1C(=O)C(C)Oc2ccccc21)C(=O)O. The Balaban J connectivity index is 2.13. The summed E-state index contributed by atoms with van der Waals surface area (Å²) in [5.41, 5.74) is 0.508. The predicted octanol–water partition coefficient (Wildman–Crippen LogP) is 1.17. The van der Waals surface area contributed by atoms with Crippen LogP contribution >= 0.6 is 0 Å². The third-order valence-corrected chi connectivity index (χ3v) is 3.59. The van der Waals surface area contributed by atoms with Crippen LogP contribution in [0.3, 0.4) is 0 Å². The minimum atomic E-state index is -1.08. The van der Waals surface area contributed by atoms with Gasteiger partial charge in [0.1, 0.15) is 18.3 Å². The second kappa shape index (κ2) is 7.13. The maximum absolute atomic E-state index is 12.3. The number of ether oxygens (including phenoxy) is 1. The average molecular weight is 320 g/mol. The van der Waals surface area contributed by atoms with Gasteiger partial charge in [-0.1, -0.05) is 25.5 Å². The number of carbonyl (C=O) groups is 3. The van der Waals surface area contributed by atoms with Crippen molar-refractivity contribution in [1.82, 2.24) is 5.32 Å². The first-order valence-corrected chi connectivity index (χ1v) is 7.53. The van der Waals surface area contributed by atoms with E-state index in [1.165, 1.54) is 4.90 Å². The molecule has 23 heavy (non-hydrogen) atoms. The lowest BCUT2D eigenvalue weighted by atomic mass is 10.1. The molecule has 124 valence electrons. The highest BCUT2D eigenvalue weighted by Gasteiger charge is 2.33. The molecule has 1 aliphatic rings. The van der Waals surface area contributed by atoms with Gasteiger partial charge >= 0.3 is 5.97 Å². The number of amides is 2. The number of rotatable bonds is 6. The molecule has 0 fully saturated rings. The van der Waals surface area contributed by atoms with Crippen molar-refractivity contribution in [3.8, 4) is 5.75 Å². The normalized spacial score (nSPS) is 17.9. The first-order valence-electron chi connectivity index (χ1n) is 7.53. The zero-order valence-corrected chi connectivity index (χ0v) is 13.1. The van der Waals surface area contributed by atoms with E-state index in [1.807, 2.05) is 6.92 Å². The molecule has 2 N–H and O–H groups in total. The highest BCUT2D eigenvalue weighted by molar-refractivity contribution is 6.04. The number of carboxylic acid groups (broad SMARTS) is 1. The van der Waals surface area contributed by atoms with Crippen LogP contribution in [0.2, 0.25) is 0 Å². The number of carboxylic acids is 1. The lowest BCUT2D eigenvalue weighted by Gasteiger charge is -2.32. The van der Waals surface area contributed by atoms with Gasteiger partial charge in [0.15, 0.2) is 6.10 Å². The molecule has 2 amide bonds. The highest BCUT2D eigenvalue weighted by Crippen LogP contribution is 2.33. The van der Waals surface area contributed by atoms with Gasteiger partial charge in [-0.25, -0.2) is 4.79 Å². The zero-order valence-electron chi connectivity index (χ0n) is 13.1. The number of benzene rings is 1. The maximum atomic E-state index is 12.3. The van der Waals surface area contributed by atoms with E-state index in [9.17, 15) is 14.4 Å². The van der Waals surface area contributed by atoms with Gasteiger partial charge in [0.25, 0.3) is 5.91 Å². The smallest absolute Gasteiger partial charge is 0.326 e. The maximum Gasteiger partial charge on any atom is 0.326 e. The van der Waals surface area contributed by atoms with Crippen molar-refractivity contribution in [2.24, 2.45) is 0 Å². The van der Waals surface area contributed by atoms with Crippen LogP contribution in [-0.4, -0.2) is 41.6 Å². The van der Waals surface area contributed by atoms with Crippen molar-refractivity contribution in [2.75, 3.05) is 11.4 Å². The van der Waals surface area contributed by atoms with Crippen molar-refractivity contribution in [2.45, 2.75) is 38.8 Å². The Kier molecular flexibility index (Phi) is 5.20. The fraction of sp³-hybridized carbons (Fsp3) is 0.438. The molecule has 1 aliphatic heterocycles. The summed E-state index contributed by atoms with van der Waals surface area (Å²) >= 11 is 0. The van der Waals surface area contributed by atoms with Crippen LogP contribution in [0, 0.1) is 0 Å². The van der Waals surface area contributed by atoms with Gasteiger partial charge in [-0.2, -0.15) is 0 Å². The number of para-hydroxylation sites is 2. The number of anilines is 1. The van der Waals surface area contributed by atoms with Gasteiger partial charge in [-0.3, -0.25) is 14.5 Å². The molecule has 7 nitrogen and oxygen atoms in total. The van der Waals surface area contributed by atoms with Gasteiger partial charge in [0.05, 0.1) is 5.69 Å². The Morgan fingerprint density at radius 3 is 2.74 bits per heavy atom. The van der Waals surface area contributed by atoms with E-state index in [0.717, 1.165) is 0 Å². The fourth-order valence-corrected chi connectivity index (χ4v) is 2.45. The van der Waals surface area contributed by atoms with Crippen LogP contribution in [0.25, 0.3) is 0 Å². The Morgan fingerprint density at radius 2 is 2.09 bits per heavy atom. The molecule has 2 rings (SSSR count). The molecule has 2 unspecified atom stereocenters. The van der Waals surface area contributed by atoms with Gasteiger partial charge in [0.2, 0.25) is 5.91 Å². The Labute approximate surface area is 134 Å². The number of hydrogen-bond acceptors (Lipinski definition) is 4. The minimum absolute atomic E-state index is 0.239. The second-order valence-electron chi connectivity index (χ2n) is 5.40. The summed E-state index contributed by atoms with van der Waals surface area (Å²) in [5, 5.41) is 11.6. The number of fused-ring (bicyclic) bond motifs is 1. The average Bonchev–Trinajstić information content (AvgIpc) is 2.51. The lowest BCUT2D eigenvalue weighted by Crippen LogP contribution is -2.51. The zero-order chi connectivity index (χ0) is 17.0. The molecule has 1 aromatic carbocycles. The predicted molar refractivity (Wildman–Crippen MR) is 83.4 cm³/mol. The van der Waals surface area contributed by atoms with Crippen LogP contribution in [0.4, 0.5) is 5.69 Å². The molecule has 0 aromatic heterocycles. The number of carbonyl (C=O) groups excluding carboxylic acids is 2. The summed E-state index contributed by atoms with van der Waals surface area (Å²) in [6.07, 6.45) is 0.280. The largest absolute Gasteiger partial charge is 0.480 e. The quantitative estimate of drug-likeness (QED) is 0.820. The highest BCUT2D eigenvalue weighted by atomic mass is 16.5. The first-order chi connectivity index (χ1) is 10.9. The van der Waals surface area contributed by atoms with Crippen LogP contribution in [0.15, 0.2) is 24.3 Å². The van der Waals surface area contributed by atoms with Crippen LogP contribution < -0.4 is 15.0 Å². The third-order valence-electron chi connectivity index (χ3n) is 3.59. The Morgan fingerprint density at radius 1 is 1.39 bits per heavy atom. The molecule has 2 atom stereocenters. The number of nitrogens with one attached hydrogen (secondary N) is 1. The van der Waals surface area contributed by atoms with Gasteiger partial charge in [-0.05, 0) is 25.5 Å². The molecule has 0 aliphatic carbocycles.